The van der Waals surface area contributed by atoms with Crippen molar-refractivity contribution in [2.24, 2.45) is 5.92 Å². The standard InChI is InChI=1S/C19H20O8/c1-9-7-13(23)16-17(24)15-12(22)5-4-6-14(15)27-19(16,8-25-10(2)20)18(9)26-11(3)21/h4-6,9,18,22,24H,7-8H2,1-3H3. The van der Waals surface area contributed by atoms with Gasteiger partial charge in [-0.3, -0.25) is 14.4 Å². The maximum Gasteiger partial charge on any atom is 0.303 e. The molecule has 1 aromatic carbocycles. The number of phenolic OH excluding ortho intramolecular Hbond substituents is 1. The first-order valence-corrected chi connectivity index (χ1v) is 8.46. The fourth-order valence-electron chi connectivity index (χ4n) is 3.73. The molecular formula is C19H20O8. The number of hydrogen-bond donors (Lipinski definition) is 2. The van der Waals surface area contributed by atoms with Crippen molar-refractivity contribution in [3.8, 4) is 11.5 Å². The Morgan fingerprint density at radius 1 is 1.26 bits per heavy atom. The topological polar surface area (TPSA) is 119 Å². The molecule has 1 fully saturated rings. The molecule has 8 heteroatoms. The molecule has 3 atom stereocenters. The SMILES string of the molecule is CC(=O)OCC12Oc3cccc(O)c3C(O)=C1C(=O)CC(C)C2OC(C)=O. The number of ether oxygens (including phenoxy) is 3. The first-order chi connectivity index (χ1) is 12.7. The van der Waals surface area contributed by atoms with Gasteiger partial charge in [-0.05, 0) is 12.1 Å². The molecule has 1 saturated carbocycles. The number of ketones is 1. The van der Waals surface area contributed by atoms with Crippen LogP contribution in [0.5, 0.6) is 11.5 Å². The van der Waals surface area contributed by atoms with E-state index in [0.29, 0.717) is 0 Å². The quantitative estimate of drug-likeness (QED) is 0.768. The molecular weight excluding hydrogens is 356 g/mol. The molecule has 2 N–H and O–H groups in total. The lowest BCUT2D eigenvalue weighted by Gasteiger charge is -2.48. The summed E-state index contributed by atoms with van der Waals surface area (Å²) in [6.45, 7) is 3.67. The van der Waals surface area contributed by atoms with Gasteiger partial charge in [0.1, 0.15) is 29.4 Å². The average Bonchev–Trinajstić information content (AvgIpc) is 2.56. The smallest absolute Gasteiger partial charge is 0.303 e. The van der Waals surface area contributed by atoms with E-state index >= 15 is 0 Å². The summed E-state index contributed by atoms with van der Waals surface area (Å²) in [6, 6.07) is 4.34. The zero-order valence-corrected chi connectivity index (χ0v) is 15.1. The third kappa shape index (κ3) is 3.01. The Balaban J connectivity index is 2.25. The molecule has 3 unspecified atom stereocenters. The van der Waals surface area contributed by atoms with Crippen molar-refractivity contribution in [3.05, 3.63) is 29.3 Å². The van der Waals surface area contributed by atoms with Crippen molar-refractivity contribution in [1.29, 1.82) is 0 Å². The van der Waals surface area contributed by atoms with Crippen LogP contribution in [0.3, 0.4) is 0 Å². The Morgan fingerprint density at radius 2 is 1.96 bits per heavy atom. The van der Waals surface area contributed by atoms with Crippen molar-refractivity contribution in [1.82, 2.24) is 0 Å². The summed E-state index contributed by atoms with van der Waals surface area (Å²) >= 11 is 0. The maximum atomic E-state index is 12.8. The van der Waals surface area contributed by atoms with E-state index in [4.69, 9.17) is 14.2 Å². The van der Waals surface area contributed by atoms with E-state index < -0.39 is 47.7 Å². The second kappa shape index (κ2) is 6.61. The van der Waals surface area contributed by atoms with Crippen LogP contribution in [0, 0.1) is 5.92 Å². The molecule has 8 nitrogen and oxygen atoms in total. The average molecular weight is 376 g/mol. The lowest BCUT2D eigenvalue weighted by atomic mass is 9.70. The molecule has 0 radical (unpaired) electrons. The minimum Gasteiger partial charge on any atom is -0.507 e. The Bertz CT molecular complexity index is 855. The number of aliphatic hydroxyl groups is 1. The normalized spacial score (nSPS) is 26.6. The van der Waals surface area contributed by atoms with E-state index in [9.17, 15) is 24.6 Å². The summed E-state index contributed by atoms with van der Waals surface area (Å²) in [7, 11) is 0. The van der Waals surface area contributed by atoms with Crippen molar-refractivity contribution >= 4 is 23.5 Å². The van der Waals surface area contributed by atoms with E-state index in [0.717, 1.165) is 0 Å². The lowest BCUT2D eigenvalue weighted by Crippen LogP contribution is -2.63. The largest absolute Gasteiger partial charge is 0.507 e. The molecule has 1 aliphatic heterocycles. The summed E-state index contributed by atoms with van der Waals surface area (Å²) in [5, 5.41) is 20.9. The number of aliphatic hydroxyl groups excluding tert-OH is 1. The number of hydrogen-bond acceptors (Lipinski definition) is 8. The van der Waals surface area contributed by atoms with Crippen molar-refractivity contribution in [2.45, 2.75) is 38.9 Å². The predicted molar refractivity (Wildman–Crippen MR) is 92.0 cm³/mol. The zero-order valence-electron chi connectivity index (χ0n) is 15.1. The van der Waals surface area contributed by atoms with E-state index in [-0.39, 0.29) is 29.1 Å². The molecule has 144 valence electrons. The van der Waals surface area contributed by atoms with Gasteiger partial charge in [0.05, 0.1) is 5.57 Å². The van der Waals surface area contributed by atoms with Crippen LogP contribution in [-0.2, 0) is 23.9 Å². The maximum absolute atomic E-state index is 12.8. The Labute approximate surface area is 155 Å². The number of benzene rings is 1. The van der Waals surface area contributed by atoms with Crippen molar-refractivity contribution in [2.75, 3.05) is 6.61 Å². The van der Waals surface area contributed by atoms with Gasteiger partial charge in [0, 0.05) is 26.2 Å². The molecule has 0 amide bonds. The summed E-state index contributed by atoms with van der Waals surface area (Å²) in [5.41, 5.74) is -1.92. The van der Waals surface area contributed by atoms with E-state index in [1.165, 1.54) is 32.0 Å². The minimum absolute atomic E-state index is 0.00848. The van der Waals surface area contributed by atoms with Gasteiger partial charge in [0.15, 0.2) is 11.9 Å². The predicted octanol–water partition coefficient (Wildman–Crippen LogP) is 1.90. The number of fused-ring (bicyclic) bond motifs is 2. The number of aromatic hydroxyl groups is 1. The Hall–Kier alpha value is -3.03. The van der Waals surface area contributed by atoms with Crippen LogP contribution in [0.4, 0.5) is 0 Å². The number of carbonyl (C=O) groups excluding carboxylic acids is 3. The summed E-state index contributed by atoms with van der Waals surface area (Å²) < 4.78 is 16.6. The first kappa shape index (κ1) is 18.8. The third-order valence-corrected chi connectivity index (χ3v) is 4.74. The van der Waals surface area contributed by atoms with Gasteiger partial charge in [-0.2, -0.15) is 0 Å². The van der Waals surface area contributed by atoms with Crippen molar-refractivity contribution in [3.63, 3.8) is 0 Å². The highest BCUT2D eigenvalue weighted by atomic mass is 16.6. The molecule has 0 aromatic heterocycles. The second-order valence-electron chi connectivity index (χ2n) is 6.78. The lowest BCUT2D eigenvalue weighted by molar-refractivity contribution is -0.177. The number of rotatable bonds is 3. The van der Waals surface area contributed by atoms with E-state index in [1.54, 1.807) is 6.92 Å². The summed E-state index contributed by atoms with van der Waals surface area (Å²) in [5.74, 6) is -2.78. The van der Waals surface area contributed by atoms with Gasteiger partial charge in [-0.15, -0.1) is 0 Å². The zero-order chi connectivity index (χ0) is 19.9. The fraction of sp³-hybridized carbons (Fsp3) is 0.421. The van der Waals surface area contributed by atoms with Crippen LogP contribution < -0.4 is 4.74 Å². The highest BCUT2D eigenvalue weighted by Crippen LogP contribution is 2.50. The molecule has 27 heavy (non-hydrogen) atoms. The van der Waals surface area contributed by atoms with Crippen LogP contribution in [0.15, 0.2) is 23.8 Å². The second-order valence-corrected chi connectivity index (χ2v) is 6.78. The summed E-state index contributed by atoms with van der Waals surface area (Å²) in [6.07, 6.45) is -0.995. The number of phenols is 1. The summed E-state index contributed by atoms with van der Waals surface area (Å²) in [4.78, 5) is 35.9. The number of carbonyl (C=O) groups is 3. The van der Waals surface area contributed by atoms with Crippen LogP contribution in [0.25, 0.3) is 5.76 Å². The molecule has 1 heterocycles. The van der Waals surface area contributed by atoms with E-state index in [1.807, 2.05) is 0 Å². The molecule has 1 aliphatic carbocycles. The molecule has 2 aliphatic rings. The van der Waals surface area contributed by atoms with E-state index in [2.05, 4.69) is 0 Å². The van der Waals surface area contributed by atoms with Crippen LogP contribution in [-0.4, -0.2) is 46.2 Å². The van der Waals surface area contributed by atoms with Gasteiger partial charge in [-0.1, -0.05) is 13.0 Å². The van der Waals surface area contributed by atoms with Crippen LogP contribution in [0.2, 0.25) is 0 Å². The molecule has 0 spiro atoms. The monoisotopic (exact) mass is 376 g/mol. The number of esters is 2. The Kier molecular flexibility index (Phi) is 4.59. The number of Topliss-reactive ketones (excluding diaryl/α,β-unsaturated/α-hetero) is 1. The third-order valence-electron chi connectivity index (χ3n) is 4.74. The highest BCUT2D eigenvalue weighted by Gasteiger charge is 2.60. The molecule has 3 rings (SSSR count). The van der Waals surface area contributed by atoms with Gasteiger partial charge in [0.25, 0.3) is 0 Å². The van der Waals surface area contributed by atoms with Crippen molar-refractivity contribution < 1.29 is 38.8 Å². The molecule has 0 bridgehead atoms. The first-order valence-electron chi connectivity index (χ1n) is 8.46. The van der Waals surface area contributed by atoms with Crippen LogP contribution in [0.1, 0.15) is 32.8 Å². The minimum atomic E-state index is -1.71. The van der Waals surface area contributed by atoms with Gasteiger partial charge < -0.3 is 24.4 Å². The molecule has 0 saturated heterocycles. The highest BCUT2D eigenvalue weighted by molar-refractivity contribution is 6.06. The van der Waals surface area contributed by atoms with Gasteiger partial charge in [-0.25, -0.2) is 0 Å². The van der Waals surface area contributed by atoms with Gasteiger partial charge >= 0.3 is 11.9 Å². The Morgan fingerprint density at radius 3 is 2.59 bits per heavy atom. The molecule has 1 aromatic rings. The van der Waals surface area contributed by atoms with Crippen LogP contribution >= 0.6 is 0 Å². The van der Waals surface area contributed by atoms with Gasteiger partial charge in [0.2, 0.25) is 5.60 Å². The fourth-order valence-corrected chi connectivity index (χ4v) is 3.73.